The fourth-order valence-corrected chi connectivity index (χ4v) is 1.40. The van der Waals surface area contributed by atoms with E-state index in [1.807, 2.05) is 0 Å². The number of phenols is 1. The van der Waals surface area contributed by atoms with Crippen LogP contribution < -0.4 is 5.32 Å². The zero-order chi connectivity index (χ0) is 13.0. The molecule has 18 heavy (non-hydrogen) atoms. The molecule has 0 amide bonds. The summed E-state index contributed by atoms with van der Waals surface area (Å²) in [6.45, 7) is 0. The molecule has 7 nitrogen and oxygen atoms in total. The number of benzene rings is 1. The van der Waals surface area contributed by atoms with Gasteiger partial charge in [0.2, 0.25) is 5.95 Å². The van der Waals surface area contributed by atoms with Gasteiger partial charge in [0, 0.05) is 0 Å². The van der Waals surface area contributed by atoms with Crippen LogP contribution in [0.4, 0.5) is 5.95 Å². The van der Waals surface area contributed by atoms with E-state index in [2.05, 4.69) is 20.3 Å². The summed E-state index contributed by atoms with van der Waals surface area (Å²) in [4.78, 5) is 22.4. The number of aromatic hydroxyl groups is 1. The van der Waals surface area contributed by atoms with Crippen molar-refractivity contribution in [3.63, 3.8) is 0 Å². The molecular formula is C11H10N4O3. The van der Waals surface area contributed by atoms with E-state index < -0.39 is 12.0 Å². The van der Waals surface area contributed by atoms with Crippen molar-refractivity contribution in [1.82, 2.24) is 15.0 Å². The number of aromatic nitrogens is 3. The fraction of sp³-hybridized carbons (Fsp3) is 0.0909. The Bertz CT molecular complexity index is 530. The smallest absolute Gasteiger partial charge is 0.330 e. The lowest BCUT2D eigenvalue weighted by Crippen LogP contribution is -2.21. The van der Waals surface area contributed by atoms with Gasteiger partial charge in [-0.1, -0.05) is 12.1 Å². The minimum atomic E-state index is -1.07. The number of hydrogen-bond donors (Lipinski definition) is 3. The number of phenolic OH excluding ortho intramolecular Hbond substituents is 1. The molecule has 1 atom stereocenters. The Kier molecular flexibility index (Phi) is 3.33. The van der Waals surface area contributed by atoms with Crippen molar-refractivity contribution in [2.45, 2.75) is 6.04 Å². The predicted octanol–water partition coefficient (Wildman–Crippen LogP) is 0.815. The van der Waals surface area contributed by atoms with E-state index >= 15 is 0 Å². The van der Waals surface area contributed by atoms with Crippen LogP contribution in [-0.4, -0.2) is 31.1 Å². The highest BCUT2D eigenvalue weighted by Gasteiger charge is 2.20. The molecule has 0 aliphatic rings. The Morgan fingerprint density at radius 2 is 1.78 bits per heavy atom. The number of nitrogens with one attached hydrogen (secondary N) is 1. The Hall–Kier alpha value is -2.70. The van der Waals surface area contributed by atoms with Crippen molar-refractivity contribution in [3.8, 4) is 5.75 Å². The maximum Gasteiger partial charge on any atom is 0.330 e. The average Bonchev–Trinajstić information content (AvgIpc) is 2.38. The van der Waals surface area contributed by atoms with Gasteiger partial charge in [0.05, 0.1) is 0 Å². The molecule has 1 unspecified atom stereocenters. The molecule has 2 aromatic rings. The lowest BCUT2D eigenvalue weighted by atomic mass is 10.1. The minimum absolute atomic E-state index is 0.0723. The number of carbonyl (C=O) groups is 1. The summed E-state index contributed by atoms with van der Waals surface area (Å²) < 4.78 is 0. The SMILES string of the molecule is O=C(O)C(Nc1ncncn1)c1ccc(O)cc1. The molecule has 0 aliphatic carbocycles. The van der Waals surface area contributed by atoms with Crippen LogP contribution in [0, 0.1) is 0 Å². The first-order valence-corrected chi connectivity index (χ1v) is 5.07. The van der Waals surface area contributed by atoms with E-state index in [9.17, 15) is 4.79 Å². The molecule has 1 aromatic carbocycles. The first-order chi connectivity index (χ1) is 8.66. The Labute approximate surface area is 102 Å². The zero-order valence-electron chi connectivity index (χ0n) is 9.19. The topological polar surface area (TPSA) is 108 Å². The zero-order valence-corrected chi connectivity index (χ0v) is 9.19. The Morgan fingerprint density at radius 1 is 1.17 bits per heavy atom. The monoisotopic (exact) mass is 246 g/mol. The van der Waals surface area contributed by atoms with E-state index in [-0.39, 0.29) is 11.7 Å². The number of nitrogens with zero attached hydrogens (tertiary/aromatic N) is 3. The molecule has 0 radical (unpaired) electrons. The van der Waals surface area contributed by atoms with Crippen molar-refractivity contribution in [2.75, 3.05) is 5.32 Å². The van der Waals surface area contributed by atoms with E-state index in [1.165, 1.54) is 36.9 Å². The Balaban J connectivity index is 2.24. The fourth-order valence-electron chi connectivity index (χ4n) is 1.40. The van der Waals surface area contributed by atoms with Gasteiger partial charge in [-0.2, -0.15) is 0 Å². The summed E-state index contributed by atoms with van der Waals surface area (Å²) in [5, 5.41) is 21.0. The second kappa shape index (κ2) is 5.09. The van der Waals surface area contributed by atoms with Gasteiger partial charge >= 0.3 is 5.97 Å². The van der Waals surface area contributed by atoms with Crippen LogP contribution in [-0.2, 0) is 4.79 Å². The highest BCUT2D eigenvalue weighted by Crippen LogP contribution is 2.19. The molecule has 7 heteroatoms. The van der Waals surface area contributed by atoms with Crippen molar-refractivity contribution >= 4 is 11.9 Å². The highest BCUT2D eigenvalue weighted by atomic mass is 16.4. The van der Waals surface area contributed by atoms with Crippen LogP contribution in [0.3, 0.4) is 0 Å². The lowest BCUT2D eigenvalue weighted by molar-refractivity contribution is -0.138. The van der Waals surface area contributed by atoms with E-state index in [0.29, 0.717) is 5.56 Å². The summed E-state index contributed by atoms with van der Waals surface area (Å²) in [6.07, 6.45) is 2.54. The molecule has 0 saturated heterocycles. The van der Waals surface area contributed by atoms with Gasteiger partial charge in [-0.25, -0.2) is 19.7 Å². The van der Waals surface area contributed by atoms with Gasteiger partial charge < -0.3 is 15.5 Å². The van der Waals surface area contributed by atoms with Gasteiger partial charge in [-0.3, -0.25) is 0 Å². The van der Waals surface area contributed by atoms with Crippen LogP contribution in [0.15, 0.2) is 36.9 Å². The maximum absolute atomic E-state index is 11.2. The normalized spacial score (nSPS) is 11.8. The van der Waals surface area contributed by atoms with Crippen molar-refractivity contribution in [1.29, 1.82) is 0 Å². The molecule has 1 aromatic heterocycles. The minimum Gasteiger partial charge on any atom is -0.508 e. The van der Waals surface area contributed by atoms with Gasteiger partial charge in [0.1, 0.15) is 18.4 Å². The summed E-state index contributed by atoms with van der Waals surface area (Å²) in [5.74, 6) is -0.824. The third-order valence-corrected chi connectivity index (χ3v) is 2.24. The van der Waals surface area contributed by atoms with Crippen molar-refractivity contribution in [3.05, 3.63) is 42.5 Å². The summed E-state index contributed by atoms with van der Waals surface area (Å²) in [6, 6.07) is 4.87. The van der Waals surface area contributed by atoms with Crippen LogP contribution in [0.2, 0.25) is 0 Å². The number of anilines is 1. The lowest BCUT2D eigenvalue weighted by Gasteiger charge is -2.14. The molecule has 0 saturated carbocycles. The first-order valence-electron chi connectivity index (χ1n) is 5.07. The van der Waals surface area contributed by atoms with Crippen LogP contribution in [0.1, 0.15) is 11.6 Å². The van der Waals surface area contributed by atoms with Crippen molar-refractivity contribution in [2.24, 2.45) is 0 Å². The molecule has 92 valence electrons. The second-order valence-corrected chi connectivity index (χ2v) is 3.47. The third kappa shape index (κ3) is 2.70. The maximum atomic E-state index is 11.2. The van der Waals surface area contributed by atoms with Crippen LogP contribution >= 0.6 is 0 Å². The van der Waals surface area contributed by atoms with E-state index in [4.69, 9.17) is 10.2 Å². The number of aliphatic carboxylic acids is 1. The molecule has 0 aliphatic heterocycles. The van der Waals surface area contributed by atoms with Gasteiger partial charge in [0.15, 0.2) is 6.04 Å². The second-order valence-electron chi connectivity index (χ2n) is 3.47. The molecule has 0 bridgehead atoms. The quantitative estimate of drug-likeness (QED) is 0.732. The molecule has 0 spiro atoms. The number of carboxylic acids is 1. The summed E-state index contributed by atoms with van der Waals surface area (Å²) in [7, 11) is 0. The number of carboxylic acid groups (broad SMARTS) is 1. The summed E-state index contributed by atoms with van der Waals surface area (Å²) >= 11 is 0. The molecular weight excluding hydrogens is 236 g/mol. The van der Waals surface area contributed by atoms with Crippen molar-refractivity contribution < 1.29 is 15.0 Å². The van der Waals surface area contributed by atoms with Gasteiger partial charge in [-0.05, 0) is 17.7 Å². The summed E-state index contributed by atoms with van der Waals surface area (Å²) in [5.41, 5.74) is 0.487. The predicted molar refractivity (Wildman–Crippen MR) is 61.9 cm³/mol. The number of rotatable bonds is 4. The van der Waals surface area contributed by atoms with Gasteiger partial charge in [0.25, 0.3) is 0 Å². The van der Waals surface area contributed by atoms with E-state index in [1.54, 1.807) is 0 Å². The Morgan fingerprint density at radius 3 is 2.33 bits per heavy atom. The van der Waals surface area contributed by atoms with E-state index in [0.717, 1.165) is 0 Å². The van der Waals surface area contributed by atoms with Gasteiger partial charge in [-0.15, -0.1) is 0 Å². The first kappa shape index (κ1) is 11.8. The molecule has 1 heterocycles. The third-order valence-electron chi connectivity index (χ3n) is 2.24. The molecule has 2 rings (SSSR count). The molecule has 3 N–H and O–H groups in total. The average molecular weight is 246 g/mol. The number of hydrogen-bond acceptors (Lipinski definition) is 6. The van der Waals surface area contributed by atoms with Crippen LogP contribution in [0.25, 0.3) is 0 Å². The highest BCUT2D eigenvalue weighted by molar-refractivity contribution is 5.78. The largest absolute Gasteiger partial charge is 0.508 e. The standard InChI is InChI=1S/C11H10N4O3/c16-8-3-1-7(2-4-8)9(10(17)18)15-11-13-5-12-6-14-11/h1-6,9,16H,(H,17,18)(H,12,13,14,15). The molecule has 0 fully saturated rings. The van der Waals surface area contributed by atoms with Crippen LogP contribution in [0.5, 0.6) is 5.75 Å².